The predicted octanol–water partition coefficient (Wildman–Crippen LogP) is 0.961. The van der Waals surface area contributed by atoms with Crippen LogP contribution in [0, 0.1) is 0 Å². The zero-order chi connectivity index (χ0) is 12.7. The second-order valence-corrected chi connectivity index (χ2v) is 4.45. The maximum Gasteiger partial charge on any atom is 0.313 e. The van der Waals surface area contributed by atoms with Crippen molar-refractivity contribution in [1.29, 1.82) is 0 Å². The summed E-state index contributed by atoms with van der Waals surface area (Å²) in [6, 6.07) is 0. The van der Waals surface area contributed by atoms with Crippen molar-refractivity contribution in [2.24, 2.45) is 7.05 Å². The van der Waals surface area contributed by atoms with Crippen LogP contribution in [-0.4, -0.2) is 44.8 Å². The first-order chi connectivity index (χ1) is 8.15. The molecule has 7 heteroatoms. The average Bonchev–Trinajstić information content (AvgIpc) is 2.63. The van der Waals surface area contributed by atoms with E-state index in [0.29, 0.717) is 18.2 Å². The lowest BCUT2D eigenvalue weighted by Crippen LogP contribution is -2.06. The standard InChI is InChI=1S/C10H17N3O3S/c1-3-5-16-6-4-8-11-12-10(13(8)2)17-7-9(14)15/h3-7H2,1-2H3,(H,14,15). The van der Waals surface area contributed by atoms with Gasteiger partial charge in [0, 0.05) is 20.1 Å². The summed E-state index contributed by atoms with van der Waals surface area (Å²) in [5.41, 5.74) is 0. The lowest BCUT2D eigenvalue weighted by molar-refractivity contribution is -0.133. The lowest BCUT2D eigenvalue weighted by atomic mass is 10.4. The molecule has 1 rings (SSSR count). The summed E-state index contributed by atoms with van der Waals surface area (Å²) in [5.74, 6) is -0.0435. The number of carbonyl (C=O) groups is 1. The van der Waals surface area contributed by atoms with Crippen LogP contribution >= 0.6 is 11.8 Å². The number of hydrogen-bond acceptors (Lipinski definition) is 5. The van der Waals surface area contributed by atoms with Crippen molar-refractivity contribution < 1.29 is 14.6 Å². The third-order valence-electron chi connectivity index (χ3n) is 2.07. The van der Waals surface area contributed by atoms with Gasteiger partial charge in [-0.05, 0) is 6.42 Å². The number of carboxylic acid groups (broad SMARTS) is 1. The molecule has 0 amide bonds. The van der Waals surface area contributed by atoms with Crippen molar-refractivity contribution in [2.75, 3.05) is 19.0 Å². The van der Waals surface area contributed by atoms with Gasteiger partial charge in [-0.3, -0.25) is 4.79 Å². The first kappa shape index (κ1) is 14.0. The van der Waals surface area contributed by atoms with E-state index in [2.05, 4.69) is 17.1 Å². The Balaban J connectivity index is 2.43. The van der Waals surface area contributed by atoms with E-state index in [9.17, 15) is 4.79 Å². The van der Waals surface area contributed by atoms with Crippen LogP contribution in [0.3, 0.4) is 0 Å². The van der Waals surface area contributed by atoms with Gasteiger partial charge in [0.1, 0.15) is 5.82 Å². The number of ether oxygens (including phenoxy) is 1. The zero-order valence-electron chi connectivity index (χ0n) is 10.0. The van der Waals surface area contributed by atoms with Gasteiger partial charge in [0.2, 0.25) is 0 Å². The molecule has 0 aromatic carbocycles. The van der Waals surface area contributed by atoms with Gasteiger partial charge >= 0.3 is 5.97 Å². The van der Waals surface area contributed by atoms with Gasteiger partial charge < -0.3 is 14.4 Å². The molecule has 0 spiro atoms. The molecule has 0 atom stereocenters. The van der Waals surface area contributed by atoms with Crippen LogP contribution in [0.5, 0.6) is 0 Å². The van der Waals surface area contributed by atoms with E-state index >= 15 is 0 Å². The van der Waals surface area contributed by atoms with Crippen molar-refractivity contribution in [1.82, 2.24) is 14.8 Å². The largest absolute Gasteiger partial charge is 0.481 e. The van der Waals surface area contributed by atoms with Gasteiger partial charge in [-0.1, -0.05) is 18.7 Å². The maximum atomic E-state index is 10.4. The minimum atomic E-state index is -0.856. The minimum absolute atomic E-state index is 0.00168. The van der Waals surface area contributed by atoms with Crippen LogP contribution in [0.1, 0.15) is 19.2 Å². The van der Waals surface area contributed by atoms with Crippen molar-refractivity contribution in [3.8, 4) is 0 Å². The van der Waals surface area contributed by atoms with E-state index < -0.39 is 5.97 Å². The summed E-state index contributed by atoms with van der Waals surface area (Å²) < 4.78 is 7.18. The summed E-state index contributed by atoms with van der Waals surface area (Å²) in [6.45, 7) is 3.42. The molecule has 17 heavy (non-hydrogen) atoms. The van der Waals surface area contributed by atoms with Gasteiger partial charge in [0.05, 0.1) is 12.4 Å². The van der Waals surface area contributed by atoms with Crippen LogP contribution in [0.25, 0.3) is 0 Å². The molecule has 0 aliphatic rings. The minimum Gasteiger partial charge on any atom is -0.481 e. The molecule has 0 bridgehead atoms. The predicted molar refractivity (Wildman–Crippen MR) is 64.2 cm³/mol. The van der Waals surface area contributed by atoms with Crippen molar-refractivity contribution in [3.63, 3.8) is 0 Å². The van der Waals surface area contributed by atoms with Gasteiger partial charge in [-0.25, -0.2) is 0 Å². The van der Waals surface area contributed by atoms with Crippen LogP contribution in [0.4, 0.5) is 0 Å². The average molecular weight is 259 g/mol. The fourth-order valence-corrected chi connectivity index (χ4v) is 1.87. The second kappa shape index (κ2) is 7.29. The molecule has 1 aromatic rings. The highest BCUT2D eigenvalue weighted by atomic mass is 32.2. The SMILES string of the molecule is CCCOCCc1nnc(SCC(=O)O)n1C. The fraction of sp³-hybridized carbons (Fsp3) is 0.700. The Morgan fingerprint density at radius 3 is 2.88 bits per heavy atom. The molecule has 1 aromatic heterocycles. The normalized spacial score (nSPS) is 10.7. The summed E-state index contributed by atoms with van der Waals surface area (Å²) >= 11 is 1.17. The Kier molecular flexibility index (Phi) is 5.99. The van der Waals surface area contributed by atoms with Crippen LogP contribution in [0.15, 0.2) is 5.16 Å². The van der Waals surface area contributed by atoms with Crippen LogP contribution in [0.2, 0.25) is 0 Å². The highest BCUT2D eigenvalue weighted by Gasteiger charge is 2.10. The Labute approximate surface area is 104 Å². The van der Waals surface area contributed by atoms with Crippen molar-refractivity contribution in [3.05, 3.63) is 5.82 Å². The smallest absolute Gasteiger partial charge is 0.313 e. The molecule has 6 nitrogen and oxygen atoms in total. The van der Waals surface area contributed by atoms with E-state index in [0.717, 1.165) is 18.9 Å². The molecule has 1 N–H and O–H groups in total. The van der Waals surface area contributed by atoms with E-state index in [-0.39, 0.29) is 5.75 Å². The molecule has 0 fully saturated rings. The first-order valence-electron chi connectivity index (χ1n) is 5.45. The molecule has 0 saturated heterocycles. The Hall–Kier alpha value is -1.08. The zero-order valence-corrected chi connectivity index (χ0v) is 10.9. The van der Waals surface area contributed by atoms with E-state index in [1.54, 1.807) is 0 Å². The summed E-state index contributed by atoms with van der Waals surface area (Å²) in [4.78, 5) is 10.4. The molecule has 96 valence electrons. The molecule has 0 aliphatic carbocycles. The number of rotatable bonds is 8. The Bertz CT molecular complexity index is 368. The number of carboxylic acids is 1. The van der Waals surface area contributed by atoms with Crippen molar-refractivity contribution >= 4 is 17.7 Å². The van der Waals surface area contributed by atoms with Crippen LogP contribution in [-0.2, 0) is 23.0 Å². The summed E-state index contributed by atoms with van der Waals surface area (Å²) in [7, 11) is 1.83. The van der Waals surface area contributed by atoms with Gasteiger partial charge in [0.25, 0.3) is 0 Å². The molecule has 0 radical (unpaired) electrons. The quantitative estimate of drug-likeness (QED) is 0.553. The highest BCUT2D eigenvalue weighted by Crippen LogP contribution is 2.15. The number of aromatic nitrogens is 3. The monoisotopic (exact) mass is 259 g/mol. The summed E-state index contributed by atoms with van der Waals surface area (Å²) in [5, 5.41) is 17.2. The van der Waals surface area contributed by atoms with Gasteiger partial charge in [-0.15, -0.1) is 10.2 Å². The molecule has 0 saturated carbocycles. The molecule has 0 aliphatic heterocycles. The van der Waals surface area contributed by atoms with Crippen molar-refractivity contribution in [2.45, 2.75) is 24.9 Å². The van der Waals surface area contributed by atoms with Gasteiger partial charge in [0.15, 0.2) is 5.16 Å². The maximum absolute atomic E-state index is 10.4. The van der Waals surface area contributed by atoms with E-state index in [1.807, 2.05) is 11.6 Å². The number of thioether (sulfide) groups is 1. The Morgan fingerprint density at radius 2 is 2.24 bits per heavy atom. The first-order valence-corrected chi connectivity index (χ1v) is 6.44. The molecular weight excluding hydrogens is 242 g/mol. The third-order valence-corrected chi connectivity index (χ3v) is 3.07. The summed E-state index contributed by atoms with van der Waals surface area (Å²) in [6.07, 6.45) is 1.69. The van der Waals surface area contributed by atoms with Crippen LogP contribution < -0.4 is 0 Å². The van der Waals surface area contributed by atoms with E-state index in [4.69, 9.17) is 9.84 Å². The third kappa shape index (κ3) is 4.74. The number of hydrogen-bond donors (Lipinski definition) is 1. The number of nitrogens with zero attached hydrogens (tertiary/aromatic N) is 3. The molecule has 1 heterocycles. The number of aliphatic carboxylic acids is 1. The lowest BCUT2D eigenvalue weighted by Gasteiger charge is -2.03. The topological polar surface area (TPSA) is 77.2 Å². The van der Waals surface area contributed by atoms with Gasteiger partial charge in [-0.2, -0.15) is 0 Å². The Morgan fingerprint density at radius 1 is 1.47 bits per heavy atom. The highest BCUT2D eigenvalue weighted by molar-refractivity contribution is 7.99. The molecular formula is C10H17N3O3S. The fourth-order valence-electron chi connectivity index (χ4n) is 1.22. The van der Waals surface area contributed by atoms with E-state index in [1.165, 1.54) is 11.8 Å². The molecule has 0 unspecified atom stereocenters. The second-order valence-electron chi connectivity index (χ2n) is 3.50.